The Morgan fingerprint density at radius 1 is 1.53 bits per heavy atom. The molecule has 0 aliphatic rings. The van der Waals surface area contributed by atoms with Gasteiger partial charge in [0, 0.05) is 10.0 Å². The van der Waals surface area contributed by atoms with E-state index in [9.17, 15) is 9.18 Å². The highest BCUT2D eigenvalue weighted by Crippen LogP contribution is 2.15. The highest BCUT2D eigenvalue weighted by Gasteiger charge is 2.03. The zero-order valence-corrected chi connectivity index (χ0v) is 11.7. The number of nitrogens with zero attached hydrogens (tertiary/aromatic N) is 2. The predicted octanol–water partition coefficient (Wildman–Crippen LogP) is 2.77. The number of hydrazone groups is 1. The molecule has 0 fully saturated rings. The number of hydrogen-bond donors (Lipinski definition) is 2. The lowest BCUT2D eigenvalue weighted by atomic mass is 10.2. The normalized spacial score (nSPS) is 10.9. The number of aromatic nitrogens is 2. The van der Waals surface area contributed by atoms with Crippen LogP contribution >= 0.6 is 27.5 Å². The van der Waals surface area contributed by atoms with Crippen molar-refractivity contribution in [3.63, 3.8) is 0 Å². The molecule has 2 rings (SSSR count). The van der Waals surface area contributed by atoms with Crippen LogP contribution in [0.4, 0.5) is 10.1 Å². The molecule has 0 bridgehead atoms. The first kappa shape index (κ1) is 13.7. The molecular weight excluding hydrogens is 339 g/mol. The zero-order valence-electron chi connectivity index (χ0n) is 9.32. The molecule has 0 amide bonds. The van der Waals surface area contributed by atoms with Gasteiger partial charge in [0.05, 0.1) is 12.4 Å². The Morgan fingerprint density at radius 3 is 3.05 bits per heavy atom. The van der Waals surface area contributed by atoms with E-state index >= 15 is 0 Å². The summed E-state index contributed by atoms with van der Waals surface area (Å²) in [4.78, 5) is 11.2. The number of nitrogens with one attached hydrogen (secondary N) is 2. The average Bonchev–Trinajstić information content (AvgIpc) is 2.37. The molecule has 8 heteroatoms. The molecular formula is C11H7BrClFN4O. The number of benzene rings is 1. The minimum absolute atomic E-state index is 0.0663. The van der Waals surface area contributed by atoms with E-state index in [1.165, 1.54) is 18.5 Å². The van der Waals surface area contributed by atoms with Crippen LogP contribution < -0.4 is 11.0 Å². The summed E-state index contributed by atoms with van der Waals surface area (Å²) in [6, 6.07) is 4.57. The number of hydrogen-bond acceptors (Lipinski definition) is 4. The standard InChI is InChI=1S/C11H7BrClFN4O/c12-7-2-1-6(8(14)3-7)4-15-17-9-5-16-18-11(19)10(9)13/h1-5H,(H2,17,18,19)/b15-4-. The number of aromatic amines is 1. The van der Waals surface area contributed by atoms with Crippen LogP contribution in [0.15, 0.2) is 38.8 Å². The van der Waals surface area contributed by atoms with Crippen molar-refractivity contribution in [1.29, 1.82) is 0 Å². The molecule has 0 saturated carbocycles. The Hall–Kier alpha value is -1.73. The zero-order chi connectivity index (χ0) is 13.8. The fourth-order valence-electron chi connectivity index (χ4n) is 1.24. The molecule has 2 N–H and O–H groups in total. The van der Waals surface area contributed by atoms with E-state index in [-0.39, 0.29) is 10.7 Å². The van der Waals surface area contributed by atoms with Crippen LogP contribution in [-0.2, 0) is 0 Å². The third-order valence-electron chi connectivity index (χ3n) is 2.15. The Bertz CT molecular complexity index is 689. The summed E-state index contributed by atoms with van der Waals surface area (Å²) in [7, 11) is 0. The van der Waals surface area contributed by atoms with Crippen LogP contribution in [0, 0.1) is 5.82 Å². The second kappa shape index (κ2) is 5.94. The fraction of sp³-hybridized carbons (Fsp3) is 0. The maximum absolute atomic E-state index is 13.5. The predicted molar refractivity (Wildman–Crippen MR) is 75.2 cm³/mol. The summed E-state index contributed by atoms with van der Waals surface area (Å²) in [6.45, 7) is 0. The summed E-state index contributed by atoms with van der Waals surface area (Å²) in [6.07, 6.45) is 2.58. The van der Waals surface area contributed by atoms with Crippen molar-refractivity contribution < 1.29 is 4.39 Å². The molecule has 0 radical (unpaired) electrons. The van der Waals surface area contributed by atoms with Gasteiger partial charge in [-0.05, 0) is 18.2 Å². The van der Waals surface area contributed by atoms with Gasteiger partial charge in [-0.15, -0.1) is 0 Å². The maximum Gasteiger partial charge on any atom is 0.285 e. The van der Waals surface area contributed by atoms with Crippen LogP contribution in [0.5, 0.6) is 0 Å². The molecule has 1 heterocycles. The Kier molecular flexibility index (Phi) is 4.28. The van der Waals surface area contributed by atoms with Crippen LogP contribution in [0.2, 0.25) is 5.02 Å². The van der Waals surface area contributed by atoms with Crippen molar-refractivity contribution in [3.05, 3.63) is 55.6 Å². The monoisotopic (exact) mass is 344 g/mol. The largest absolute Gasteiger partial charge is 0.285 e. The molecule has 0 aliphatic heterocycles. The van der Waals surface area contributed by atoms with Crippen molar-refractivity contribution in [2.45, 2.75) is 0 Å². The van der Waals surface area contributed by atoms with E-state index in [0.717, 1.165) is 0 Å². The second-order valence-electron chi connectivity index (χ2n) is 3.46. The topological polar surface area (TPSA) is 70.1 Å². The lowest BCUT2D eigenvalue weighted by Gasteiger charge is -2.01. The van der Waals surface area contributed by atoms with Gasteiger partial charge in [0.1, 0.15) is 16.5 Å². The Labute approximate surface area is 120 Å². The Balaban J connectivity index is 2.16. The summed E-state index contributed by atoms with van der Waals surface area (Å²) in [5.41, 5.74) is 2.52. The van der Waals surface area contributed by atoms with Crippen molar-refractivity contribution >= 4 is 39.4 Å². The highest BCUT2D eigenvalue weighted by atomic mass is 79.9. The van der Waals surface area contributed by atoms with Gasteiger partial charge in [0.2, 0.25) is 0 Å². The summed E-state index contributed by atoms with van der Waals surface area (Å²) in [5, 5.41) is 9.46. The molecule has 0 atom stereocenters. The maximum atomic E-state index is 13.5. The van der Waals surface area contributed by atoms with Crippen LogP contribution in [0.25, 0.3) is 0 Å². The molecule has 1 aromatic heterocycles. The third-order valence-corrected chi connectivity index (χ3v) is 3.02. The quantitative estimate of drug-likeness (QED) is 0.664. The lowest BCUT2D eigenvalue weighted by Crippen LogP contribution is -2.10. The van der Waals surface area contributed by atoms with Gasteiger partial charge in [-0.1, -0.05) is 27.5 Å². The third kappa shape index (κ3) is 3.39. The van der Waals surface area contributed by atoms with E-state index in [2.05, 4.69) is 36.7 Å². The van der Waals surface area contributed by atoms with Crippen molar-refractivity contribution in [2.75, 3.05) is 5.43 Å². The number of H-pyrrole nitrogens is 1. The van der Waals surface area contributed by atoms with E-state index in [1.807, 2.05) is 0 Å². The molecule has 0 saturated heterocycles. The van der Waals surface area contributed by atoms with E-state index < -0.39 is 11.4 Å². The van der Waals surface area contributed by atoms with Crippen LogP contribution in [0.1, 0.15) is 5.56 Å². The Morgan fingerprint density at radius 2 is 2.32 bits per heavy atom. The van der Waals surface area contributed by atoms with Crippen molar-refractivity contribution in [2.24, 2.45) is 5.10 Å². The lowest BCUT2D eigenvalue weighted by molar-refractivity contribution is 0.625. The molecule has 98 valence electrons. The van der Waals surface area contributed by atoms with Crippen molar-refractivity contribution in [1.82, 2.24) is 10.2 Å². The molecule has 0 spiro atoms. The van der Waals surface area contributed by atoms with Gasteiger partial charge < -0.3 is 0 Å². The first-order chi connectivity index (χ1) is 9.08. The van der Waals surface area contributed by atoms with Gasteiger partial charge in [-0.25, -0.2) is 9.49 Å². The van der Waals surface area contributed by atoms with E-state index in [1.54, 1.807) is 12.1 Å². The summed E-state index contributed by atoms with van der Waals surface area (Å²) in [5.74, 6) is -0.421. The molecule has 0 aliphatic carbocycles. The second-order valence-corrected chi connectivity index (χ2v) is 4.76. The average molecular weight is 346 g/mol. The number of anilines is 1. The van der Waals surface area contributed by atoms with Gasteiger partial charge in [-0.2, -0.15) is 10.2 Å². The summed E-state index contributed by atoms with van der Waals surface area (Å²) >= 11 is 8.88. The number of rotatable bonds is 3. The van der Waals surface area contributed by atoms with E-state index in [4.69, 9.17) is 11.6 Å². The minimum Gasteiger partial charge on any atom is -0.275 e. The van der Waals surface area contributed by atoms with E-state index in [0.29, 0.717) is 10.0 Å². The minimum atomic E-state index is -0.531. The molecule has 0 unspecified atom stereocenters. The van der Waals surface area contributed by atoms with Crippen LogP contribution in [-0.4, -0.2) is 16.4 Å². The van der Waals surface area contributed by atoms with Gasteiger partial charge in [-0.3, -0.25) is 10.2 Å². The number of halogens is 3. The smallest absolute Gasteiger partial charge is 0.275 e. The first-order valence-corrected chi connectivity index (χ1v) is 6.22. The van der Waals surface area contributed by atoms with Gasteiger partial charge in [0.15, 0.2) is 0 Å². The highest BCUT2D eigenvalue weighted by molar-refractivity contribution is 9.10. The SMILES string of the molecule is O=c1[nH]ncc(N/N=C\c2ccc(Br)cc2F)c1Cl. The van der Waals surface area contributed by atoms with Crippen LogP contribution in [0.3, 0.4) is 0 Å². The molecule has 1 aromatic carbocycles. The first-order valence-electron chi connectivity index (χ1n) is 5.05. The van der Waals surface area contributed by atoms with Crippen molar-refractivity contribution in [3.8, 4) is 0 Å². The molecule has 19 heavy (non-hydrogen) atoms. The fourth-order valence-corrected chi connectivity index (χ4v) is 1.71. The molecule has 5 nitrogen and oxygen atoms in total. The molecule has 2 aromatic rings. The van der Waals surface area contributed by atoms with Gasteiger partial charge >= 0.3 is 0 Å². The van der Waals surface area contributed by atoms with Gasteiger partial charge in [0.25, 0.3) is 5.56 Å². The summed E-state index contributed by atoms with van der Waals surface area (Å²) < 4.78 is 14.1.